The smallest absolute Gasteiger partial charge is 0.166 e. The topological polar surface area (TPSA) is 61.4 Å². The summed E-state index contributed by atoms with van der Waals surface area (Å²) in [4.78, 5) is 21.0. The summed E-state index contributed by atoms with van der Waals surface area (Å²) in [6.07, 6.45) is 0. The van der Waals surface area contributed by atoms with Gasteiger partial charge in [-0.25, -0.2) is 19.9 Å². The zero-order valence-electron chi connectivity index (χ0n) is 31.6. The van der Waals surface area contributed by atoms with Gasteiger partial charge in [0.15, 0.2) is 17.5 Å². The molecule has 12 rings (SSSR count). The molecule has 0 saturated carbocycles. The van der Waals surface area contributed by atoms with Crippen molar-refractivity contribution in [3.8, 4) is 56.1 Å². The van der Waals surface area contributed by atoms with Crippen molar-refractivity contribution in [3.05, 3.63) is 194 Å². The van der Waals surface area contributed by atoms with E-state index in [0.29, 0.717) is 17.5 Å². The highest BCUT2D eigenvalue weighted by Gasteiger charge is 2.22. The molecule has 7 heteroatoms. The highest BCUT2D eigenvalue weighted by molar-refractivity contribution is 7.21. The number of para-hydroxylation sites is 5. The second-order valence-electron chi connectivity index (χ2n) is 14.7. The Kier molecular flexibility index (Phi) is 7.61. The number of aromatic nitrogens is 6. The molecule has 0 amide bonds. The fourth-order valence-corrected chi connectivity index (χ4v) is 9.49. The van der Waals surface area contributed by atoms with Gasteiger partial charge in [0.2, 0.25) is 0 Å². The van der Waals surface area contributed by atoms with Gasteiger partial charge in [0.25, 0.3) is 0 Å². The molecule has 0 radical (unpaired) electrons. The molecule has 0 bridgehead atoms. The van der Waals surface area contributed by atoms with Gasteiger partial charge < -0.3 is 9.13 Å². The predicted molar refractivity (Wildman–Crippen MR) is 243 cm³/mol. The van der Waals surface area contributed by atoms with E-state index >= 15 is 0 Å². The number of nitrogens with zero attached hydrogens (tertiary/aromatic N) is 6. The summed E-state index contributed by atoms with van der Waals surface area (Å²) < 4.78 is 5.82. The fraction of sp³-hybridized carbons (Fsp3) is 0. The first-order valence-electron chi connectivity index (χ1n) is 19.6. The maximum absolute atomic E-state index is 5.41. The van der Waals surface area contributed by atoms with Gasteiger partial charge in [-0.2, -0.15) is 0 Å². The van der Waals surface area contributed by atoms with Gasteiger partial charge in [-0.1, -0.05) is 127 Å². The quantitative estimate of drug-likeness (QED) is 0.169. The van der Waals surface area contributed by atoms with Gasteiger partial charge in [0.05, 0.1) is 38.0 Å². The standard InChI is InChI=1S/C52H32N6S/c1-3-15-33(16-4-1)49-54-50(34-27-29-40-39-21-7-11-23-43(39)57(47(40)32-34)36-17-5-2-6-18-36)56-51(55-49)41-31-35(52-53-42-22-10-14-26-48(42)59-52)28-30-46(41)58-44-24-12-8-19-37(44)38-20-9-13-25-45(38)58/h1-32H. The fourth-order valence-electron chi connectivity index (χ4n) is 8.53. The van der Waals surface area contributed by atoms with Crippen molar-refractivity contribution < 1.29 is 0 Å². The third-order valence-corrected chi connectivity index (χ3v) is 12.3. The Labute approximate surface area is 343 Å². The van der Waals surface area contributed by atoms with E-state index in [1.165, 1.54) is 21.5 Å². The second kappa shape index (κ2) is 13.4. The van der Waals surface area contributed by atoms with Crippen molar-refractivity contribution in [1.29, 1.82) is 0 Å². The van der Waals surface area contributed by atoms with E-state index in [9.17, 15) is 0 Å². The molecule has 276 valence electrons. The van der Waals surface area contributed by atoms with E-state index in [0.717, 1.165) is 70.9 Å². The Hall–Kier alpha value is -7.74. The molecule has 0 spiro atoms. The normalized spacial score (nSPS) is 11.7. The van der Waals surface area contributed by atoms with Crippen molar-refractivity contribution >= 4 is 65.2 Å². The molecular weight excluding hydrogens is 741 g/mol. The third kappa shape index (κ3) is 5.47. The zero-order valence-corrected chi connectivity index (χ0v) is 32.4. The number of benzene rings is 8. The first kappa shape index (κ1) is 33.4. The summed E-state index contributed by atoms with van der Waals surface area (Å²) in [5.41, 5.74) is 11.2. The average molecular weight is 773 g/mol. The highest BCUT2D eigenvalue weighted by atomic mass is 32.1. The molecule has 0 aliphatic carbocycles. The van der Waals surface area contributed by atoms with Gasteiger partial charge in [0, 0.05) is 49.5 Å². The SMILES string of the molecule is c1ccc(-c2nc(-c3ccc4c5ccccc5n(-c5ccccc5)c4c3)nc(-c3cc(-c4nc5ccccc5s4)ccc3-n3c4ccccc4c4ccccc43)n2)cc1. The summed E-state index contributed by atoms with van der Waals surface area (Å²) in [5, 5.41) is 5.68. The van der Waals surface area contributed by atoms with E-state index in [-0.39, 0.29) is 0 Å². The summed E-state index contributed by atoms with van der Waals surface area (Å²) in [7, 11) is 0. The van der Waals surface area contributed by atoms with E-state index in [4.69, 9.17) is 19.9 Å². The van der Waals surface area contributed by atoms with Crippen LogP contribution in [0.3, 0.4) is 0 Å². The molecule has 0 atom stereocenters. The monoisotopic (exact) mass is 772 g/mol. The highest BCUT2D eigenvalue weighted by Crippen LogP contribution is 2.40. The molecule has 59 heavy (non-hydrogen) atoms. The number of hydrogen-bond donors (Lipinski definition) is 0. The van der Waals surface area contributed by atoms with Crippen molar-refractivity contribution in [1.82, 2.24) is 29.1 Å². The first-order chi connectivity index (χ1) is 29.2. The minimum absolute atomic E-state index is 0.581. The Morgan fingerprint density at radius 3 is 1.59 bits per heavy atom. The van der Waals surface area contributed by atoms with Crippen LogP contribution in [0.5, 0.6) is 0 Å². The Balaban J connectivity index is 1.14. The molecule has 12 aromatic rings. The van der Waals surface area contributed by atoms with Crippen LogP contribution in [0.25, 0.3) is 110 Å². The van der Waals surface area contributed by atoms with Crippen LogP contribution in [-0.2, 0) is 0 Å². The maximum atomic E-state index is 5.41. The Morgan fingerprint density at radius 2 is 0.898 bits per heavy atom. The maximum Gasteiger partial charge on any atom is 0.166 e. The number of hydrogen-bond acceptors (Lipinski definition) is 5. The van der Waals surface area contributed by atoms with Crippen molar-refractivity contribution in [3.63, 3.8) is 0 Å². The molecule has 0 saturated heterocycles. The predicted octanol–water partition coefficient (Wildman–Crippen LogP) is 13.3. The molecule has 8 aromatic carbocycles. The van der Waals surface area contributed by atoms with Crippen molar-refractivity contribution in [2.75, 3.05) is 0 Å². The molecule has 0 fully saturated rings. The lowest BCUT2D eigenvalue weighted by atomic mass is 10.1. The summed E-state index contributed by atoms with van der Waals surface area (Å²) in [6.45, 7) is 0. The molecule has 0 unspecified atom stereocenters. The summed E-state index contributed by atoms with van der Waals surface area (Å²) >= 11 is 1.69. The molecule has 0 N–H and O–H groups in total. The Morgan fingerprint density at radius 1 is 0.356 bits per heavy atom. The summed E-state index contributed by atoms with van der Waals surface area (Å²) in [6, 6.07) is 68.0. The lowest BCUT2D eigenvalue weighted by Gasteiger charge is -2.16. The van der Waals surface area contributed by atoms with Gasteiger partial charge in [-0.05, 0) is 66.7 Å². The van der Waals surface area contributed by atoms with Crippen LogP contribution in [0.4, 0.5) is 0 Å². The third-order valence-electron chi connectivity index (χ3n) is 11.2. The van der Waals surface area contributed by atoms with Gasteiger partial charge in [-0.15, -0.1) is 11.3 Å². The van der Waals surface area contributed by atoms with Crippen LogP contribution < -0.4 is 0 Å². The Bertz CT molecular complexity index is 3480. The van der Waals surface area contributed by atoms with E-state index in [2.05, 4.69) is 179 Å². The lowest BCUT2D eigenvalue weighted by Crippen LogP contribution is -2.04. The lowest BCUT2D eigenvalue weighted by molar-refractivity contribution is 1.06. The largest absolute Gasteiger partial charge is 0.309 e. The van der Waals surface area contributed by atoms with Gasteiger partial charge in [0.1, 0.15) is 5.01 Å². The van der Waals surface area contributed by atoms with Crippen molar-refractivity contribution in [2.24, 2.45) is 0 Å². The molecule has 4 heterocycles. The molecule has 6 nitrogen and oxygen atoms in total. The number of thiazole rings is 1. The van der Waals surface area contributed by atoms with Crippen LogP contribution in [0, 0.1) is 0 Å². The van der Waals surface area contributed by atoms with Crippen LogP contribution >= 0.6 is 11.3 Å². The van der Waals surface area contributed by atoms with Crippen LogP contribution in [0.1, 0.15) is 0 Å². The van der Waals surface area contributed by atoms with Crippen LogP contribution in [0.15, 0.2) is 194 Å². The molecule has 4 aromatic heterocycles. The second-order valence-corrected chi connectivity index (χ2v) is 15.7. The minimum Gasteiger partial charge on any atom is -0.309 e. The van der Waals surface area contributed by atoms with Crippen LogP contribution in [0.2, 0.25) is 0 Å². The van der Waals surface area contributed by atoms with Crippen molar-refractivity contribution in [2.45, 2.75) is 0 Å². The van der Waals surface area contributed by atoms with E-state index in [1.807, 2.05) is 24.3 Å². The van der Waals surface area contributed by atoms with E-state index < -0.39 is 0 Å². The van der Waals surface area contributed by atoms with Gasteiger partial charge in [-0.3, -0.25) is 0 Å². The number of rotatable bonds is 6. The molecular formula is C52H32N6S. The van der Waals surface area contributed by atoms with Crippen LogP contribution in [-0.4, -0.2) is 29.1 Å². The first-order valence-corrected chi connectivity index (χ1v) is 20.5. The van der Waals surface area contributed by atoms with E-state index in [1.54, 1.807) is 11.3 Å². The zero-order chi connectivity index (χ0) is 38.9. The van der Waals surface area contributed by atoms with Gasteiger partial charge >= 0.3 is 0 Å². The average Bonchev–Trinajstić information content (AvgIpc) is 4.00. The number of fused-ring (bicyclic) bond motifs is 7. The summed E-state index contributed by atoms with van der Waals surface area (Å²) in [5.74, 6) is 1.78. The minimum atomic E-state index is 0.581. The molecule has 0 aliphatic heterocycles. The molecule has 0 aliphatic rings.